The summed E-state index contributed by atoms with van der Waals surface area (Å²) in [6, 6.07) is 9.40. The number of non-ortho nitro benzene ring substituents is 2. The minimum absolute atomic E-state index is 0.0321. The zero-order chi connectivity index (χ0) is 19.6. The lowest BCUT2D eigenvalue weighted by Crippen LogP contribution is -2.12. The first-order valence-electron chi connectivity index (χ1n) is 7.31. The molecule has 1 heterocycles. The standard InChI is InChI=1S/C16H9ClN4O5S/c17-13-7-11(21(25)26)5-6-12(13)15(22)19-16-18-14(8-27-16)9-1-3-10(4-2-9)20(23)24/h1-8H,(H,18,19,22). The van der Waals surface area contributed by atoms with Crippen LogP contribution in [0.15, 0.2) is 47.8 Å². The van der Waals surface area contributed by atoms with Crippen molar-refractivity contribution in [3.63, 3.8) is 0 Å². The Morgan fingerprint density at radius 3 is 2.26 bits per heavy atom. The van der Waals surface area contributed by atoms with Gasteiger partial charge in [-0.05, 0) is 18.2 Å². The van der Waals surface area contributed by atoms with Crippen LogP contribution in [0.4, 0.5) is 16.5 Å². The number of carbonyl (C=O) groups is 1. The van der Waals surface area contributed by atoms with Crippen LogP contribution in [-0.2, 0) is 0 Å². The topological polar surface area (TPSA) is 128 Å². The quantitative estimate of drug-likeness (QED) is 0.491. The maximum atomic E-state index is 12.3. The highest BCUT2D eigenvalue weighted by Crippen LogP contribution is 2.28. The first kappa shape index (κ1) is 18.4. The minimum Gasteiger partial charge on any atom is -0.298 e. The van der Waals surface area contributed by atoms with Crippen molar-refractivity contribution in [2.24, 2.45) is 0 Å². The molecular weight excluding hydrogens is 396 g/mol. The summed E-state index contributed by atoms with van der Waals surface area (Å²) in [7, 11) is 0. The number of nitro benzene ring substituents is 2. The van der Waals surface area contributed by atoms with E-state index in [1.165, 1.54) is 24.3 Å². The number of aromatic nitrogens is 1. The zero-order valence-corrected chi connectivity index (χ0v) is 14.9. The Bertz CT molecular complexity index is 1050. The first-order valence-corrected chi connectivity index (χ1v) is 8.56. The van der Waals surface area contributed by atoms with Crippen LogP contribution >= 0.6 is 22.9 Å². The van der Waals surface area contributed by atoms with Gasteiger partial charge in [0.05, 0.1) is 26.1 Å². The van der Waals surface area contributed by atoms with Gasteiger partial charge < -0.3 is 0 Å². The van der Waals surface area contributed by atoms with E-state index in [1.54, 1.807) is 17.5 Å². The van der Waals surface area contributed by atoms with Gasteiger partial charge in [-0.2, -0.15) is 0 Å². The number of anilines is 1. The van der Waals surface area contributed by atoms with E-state index in [1.807, 2.05) is 0 Å². The fourth-order valence-electron chi connectivity index (χ4n) is 2.18. The second-order valence-corrected chi connectivity index (χ2v) is 6.48. The average Bonchev–Trinajstić information content (AvgIpc) is 3.09. The SMILES string of the molecule is O=C(Nc1nc(-c2ccc([N+](=O)[O-])cc2)cs1)c1ccc([N+](=O)[O-])cc1Cl. The van der Waals surface area contributed by atoms with Gasteiger partial charge in [0, 0.05) is 35.2 Å². The maximum absolute atomic E-state index is 12.3. The smallest absolute Gasteiger partial charge is 0.270 e. The molecule has 0 unspecified atom stereocenters. The van der Waals surface area contributed by atoms with Crippen LogP contribution in [0.2, 0.25) is 5.02 Å². The molecule has 0 bridgehead atoms. The Hall–Kier alpha value is -3.37. The van der Waals surface area contributed by atoms with Crippen LogP contribution in [-0.4, -0.2) is 20.7 Å². The van der Waals surface area contributed by atoms with Crippen molar-refractivity contribution in [2.75, 3.05) is 5.32 Å². The Balaban J connectivity index is 1.76. The van der Waals surface area contributed by atoms with Crippen LogP contribution < -0.4 is 5.32 Å². The van der Waals surface area contributed by atoms with Crippen molar-refractivity contribution >= 4 is 45.4 Å². The van der Waals surface area contributed by atoms with Crippen LogP contribution in [0.1, 0.15) is 10.4 Å². The molecule has 11 heteroatoms. The van der Waals surface area contributed by atoms with Gasteiger partial charge in [0.1, 0.15) is 0 Å². The normalized spacial score (nSPS) is 10.4. The number of hydrogen-bond donors (Lipinski definition) is 1. The van der Waals surface area contributed by atoms with Crippen LogP contribution in [0, 0.1) is 20.2 Å². The minimum atomic E-state index is -0.606. The highest BCUT2D eigenvalue weighted by molar-refractivity contribution is 7.14. The van der Waals surface area contributed by atoms with Gasteiger partial charge in [-0.25, -0.2) is 4.98 Å². The van der Waals surface area contributed by atoms with E-state index in [4.69, 9.17) is 11.6 Å². The molecule has 0 atom stereocenters. The predicted octanol–water partition coefficient (Wildman–Crippen LogP) is 4.53. The second-order valence-electron chi connectivity index (χ2n) is 5.22. The van der Waals surface area contributed by atoms with E-state index < -0.39 is 15.8 Å². The van der Waals surface area contributed by atoms with Gasteiger partial charge in [0.25, 0.3) is 17.3 Å². The summed E-state index contributed by atoms with van der Waals surface area (Å²) in [6.07, 6.45) is 0. The molecule has 0 aliphatic carbocycles. The molecular formula is C16H9ClN4O5S. The number of carbonyl (C=O) groups excluding carboxylic acids is 1. The van der Waals surface area contributed by atoms with Crippen molar-refractivity contribution in [3.8, 4) is 11.3 Å². The molecule has 27 heavy (non-hydrogen) atoms. The Kier molecular flexibility index (Phi) is 5.10. The average molecular weight is 405 g/mol. The number of hydrogen-bond acceptors (Lipinski definition) is 7. The summed E-state index contributed by atoms with van der Waals surface area (Å²) in [5.74, 6) is -0.556. The van der Waals surface area contributed by atoms with Crippen LogP contribution in [0.3, 0.4) is 0 Å². The molecule has 2 aromatic carbocycles. The fraction of sp³-hybridized carbons (Fsp3) is 0. The molecule has 0 radical (unpaired) electrons. The van der Waals surface area contributed by atoms with Crippen molar-refractivity contribution in [2.45, 2.75) is 0 Å². The third-order valence-corrected chi connectivity index (χ3v) is 4.58. The number of rotatable bonds is 5. The molecule has 1 aromatic heterocycles. The van der Waals surface area contributed by atoms with Gasteiger partial charge in [0.2, 0.25) is 0 Å². The summed E-state index contributed by atoms with van der Waals surface area (Å²) in [5, 5.41) is 25.9. The number of benzene rings is 2. The summed E-state index contributed by atoms with van der Waals surface area (Å²) >= 11 is 7.10. The molecule has 0 aliphatic heterocycles. The molecule has 1 amide bonds. The lowest BCUT2D eigenvalue weighted by molar-refractivity contribution is -0.385. The van der Waals surface area contributed by atoms with E-state index in [-0.39, 0.29) is 22.0 Å². The second kappa shape index (κ2) is 7.48. The van der Waals surface area contributed by atoms with Gasteiger partial charge >= 0.3 is 0 Å². The fourth-order valence-corrected chi connectivity index (χ4v) is 3.16. The number of nitrogens with one attached hydrogen (secondary N) is 1. The van der Waals surface area contributed by atoms with Gasteiger partial charge in [-0.15, -0.1) is 11.3 Å². The van der Waals surface area contributed by atoms with Gasteiger partial charge in [0.15, 0.2) is 5.13 Å². The number of halogens is 1. The maximum Gasteiger partial charge on any atom is 0.270 e. The lowest BCUT2D eigenvalue weighted by Gasteiger charge is -2.04. The van der Waals surface area contributed by atoms with Crippen molar-refractivity contribution in [1.29, 1.82) is 0 Å². The summed E-state index contributed by atoms with van der Waals surface area (Å²) in [4.78, 5) is 36.9. The monoisotopic (exact) mass is 404 g/mol. The van der Waals surface area contributed by atoms with Crippen molar-refractivity contribution in [3.05, 3.63) is 78.7 Å². The summed E-state index contributed by atoms with van der Waals surface area (Å²) < 4.78 is 0. The molecule has 0 saturated carbocycles. The third-order valence-electron chi connectivity index (χ3n) is 3.51. The van der Waals surface area contributed by atoms with Crippen molar-refractivity contribution in [1.82, 2.24) is 4.98 Å². The molecule has 1 N–H and O–H groups in total. The molecule has 0 aliphatic rings. The summed E-state index contributed by atoms with van der Waals surface area (Å²) in [5.41, 5.74) is 1.03. The van der Waals surface area contributed by atoms with Gasteiger partial charge in [-0.1, -0.05) is 11.6 Å². The molecule has 3 rings (SSSR count). The number of thiazole rings is 1. The predicted molar refractivity (Wildman–Crippen MR) is 100 cm³/mol. The molecule has 9 nitrogen and oxygen atoms in total. The largest absolute Gasteiger partial charge is 0.298 e. The van der Waals surface area contributed by atoms with E-state index >= 15 is 0 Å². The highest BCUT2D eigenvalue weighted by atomic mass is 35.5. The first-order chi connectivity index (χ1) is 12.8. The number of nitro groups is 2. The molecule has 136 valence electrons. The Morgan fingerprint density at radius 2 is 1.67 bits per heavy atom. The highest BCUT2D eigenvalue weighted by Gasteiger charge is 2.16. The van der Waals surface area contributed by atoms with Crippen molar-refractivity contribution < 1.29 is 14.6 Å². The Morgan fingerprint density at radius 1 is 1.04 bits per heavy atom. The molecule has 3 aromatic rings. The Labute approximate surface area is 160 Å². The van der Waals surface area contributed by atoms with E-state index in [0.29, 0.717) is 16.4 Å². The van der Waals surface area contributed by atoms with E-state index in [2.05, 4.69) is 10.3 Å². The number of amides is 1. The van der Waals surface area contributed by atoms with E-state index in [9.17, 15) is 25.0 Å². The number of nitrogens with zero attached hydrogens (tertiary/aromatic N) is 3. The van der Waals surface area contributed by atoms with Crippen LogP contribution in [0.5, 0.6) is 0 Å². The molecule has 0 fully saturated rings. The zero-order valence-electron chi connectivity index (χ0n) is 13.3. The van der Waals surface area contributed by atoms with Crippen LogP contribution in [0.25, 0.3) is 11.3 Å². The van der Waals surface area contributed by atoms with E-state index in [0.717, 1.165) is 17.4 Å². The summed E-state index contributed by atoms with van der Waals surface area (Å²) in [6.45, 7) is 0. The molecule has 0 spiro atoms. The lowest BCUT2D eigenvalue weighted by atomic mass is 10.1. The third kappa shape index (κ3) is 4.07. The van der Waals surface area contributed by atoms with Gasteiger partial charge in [-0.3, -0.25) is 30.3 Å². The molecule has 0 saturated heterocycles.